The summed E-state index contributed by atoms with van der Waals surface area (Å²) in [6, 6.07) is 5.28. The van der Waals surface area contributed by atoms with Crippen LogP contribution >= 0.6 is 0 Å². The van der Waals surface area contributed by atoms with Gasteiger partial charge in [0.05, 0.1) is 11.1 Å². The summed E-state index contributed by atoms with van der Waals surface area (Å²) in [7, 11) is 1.37. The molecule has 41 heavy (non-hydrogen) atoms. The van der Waals surface area contributed by atoms with Crippen LogP contribution in [0.25, 0.3) is 0 Å². The van der Waals surface area contributed by atoms with E-state index in [1.807, 2.05) is 0 Å². The van der Waals surface area contributed by atoms with Crippen LogP contribution in [-0.2, 0) is 22.3 Å². The van der Waals surface area contributed by atoms with Crippen LogP contribution in [0.5, 0.6) is 0 Å². The average Bonchev–Trinajstić information content (AvgIpc) is 3.08. The minimum absolute atomic E-state index is 0.0443. The van der Waals surface area contributed by atoms with Gasteiger partial charge in [0.25, 0.3) is 11.8 Å². The number of hydrogen-bond acceptors (Lipinski definition) is 4. The molecule has 0 saturated carbocycles. The Labute approximate surface area is 233 Å². The van der Waals surface area contributed by atoms with Gasteiger partial charge in [-0.05, 0) is 54.7 Å². The zero-order chi connectivity index (χ0) is 30.3. The summed E-state index contributed by atoms with van der Waals surface area (Å²) in [6.07, 6.45) is -4.61. The summed E-state index contributed by atoms with van der Waals surface area (Å²) in [5.74, 6) is -4.26. The third kappa shape index (κ3) is 5.75. The lowest BCUT2D eigenvalue weighted by molar-refractivity contribution is -0.142. The van der Waals surface area contributed by atoms with Crippen LogP contribution in [0.3, 0.4) is 0 Å². The van der Waals surface area contributed by atoms with Crippen LogP contribution in [0.15, 0.2) is 42.5 Å². The van der Waals surface area contributed by atoms with Crippen molar-refractivity contribution in [1.29, 1.82) is 0 Å². The van der Waals surface area contributed by atoms with Gasteiger partial charge in [-0.2, -0.15) is 13.2 Å². The molecule has 0 radical (unpaired) electrons. The maximum absolute atomic E-state index is 14.3. The fourth-order valence-corrected chi connectivity index (χ4v) is 5.26. The summed E-state index contributed by atoms with van der Waals surface area (Å²) < 4.78 is 67.0. The van der Waals surface area contributed by atoms with Crippen molar-refractivity contribution < 1.29 is 41.1 Å². The monoisotopic (exact) mass is 580 g/mol. The van der Waals surface area contributed by atoms with Gasteiger partial charge in [0, 0.05) is 26.7 Å². The first-order chi connectivity index (χ1) is 19.2. The van der Waals surface area contributed by atoms with Gasteiger partial charge < -0.3 is 15.1 Å². The summed E-state index contributed by atoms with van der Waals surface area (Å²) in [5.41, 5.74) is -2.66. The van der Waals surface area contributed by atoms with E-state index in [2.05, 4.69) is 5.32 Å². The van der Waals surface area contributed by atoms with Crippen LogP contribution in [0, 0.1) is 17.6 Å². The summed E-state index contributed by atoms with van der Waals surface area (Å²) in [4.78, 5) is 56.3. The van der Waals surface area contributed by atoms with Gasteiger partial charge in [-0.1, -0.05) is 26.0 Å². The Kier molecular flexibility index (Phi) is 8.10. The summed E-state index contributed by atoms with van der Waals surface area (Å²) in [5, 5.41) is 2.37. The molecule has 1 spiro atoms. The Morgan fingerprint density at radius 2 is 1.61 bits per heavy atom. The maximum atomic E-state index is 14.3. The molecule has 0 aromatic heterocycles. The zero-order valence-corrected chi connectivity index (χ0v) is 22.6. The number of nitrogens with zero attached hydrogens (tertiary/aromatic N) is 3. The predicted molar refractivity (Wildman–Crippen MR) is 136 cm³/mol. The number of likely N-dealkylation sites (N-methyl/N-ethyl adjacent to an activating group) is 1. The second kappa shape index (κ2) is 11.1. The number of likely N-dealkylation sites (tertiary alicyclic amines) is 1. The first-order valence-corrected chi connectivity index (χ1v) is 13.0. The molecule has 1 N–H and O–H groups in total. The summed E-state index contributed by atoms with van der Waals surface area (Å²) >= 11 is 0. The van der Waals surface area contributed by atoms with Crippen molar-refractivity contribution in [2.75, 3.05) is 20.1 Å². The first kappa shape index (κ1) is 29.9. The van der Waals surface area contributed by atoms with E-state index in [1.165, 1.54) is 41.1 Å². The number of hydrogen-bond donors (Lipinski definition) is 1. The number of piperidine rings is 1. The number of carbonyl (C=O) groups excluding carboxylic acids is 4. The Morgan fingerprint density at radius 1 is 1.00 bits per heavy atom. The largest absolute Gasteiger partial charge is 0.416 e. The fourth-order valence-electron chi connectivity index (χ4n) is 5.26. The van der Waals surface area contributed by atoms with Crippen molar-refractivity contribution in [2.24, 2.45) is 5.92 Å². The molecule has 2 fully saturated rings. The number of carbonyl (C=O) groups is 4. The molecule has 8 nitrogen and oxygen atoms in total. The van der Waals surface area contributed by atoms with Crippen molar-refractivity contribution >= 4 is 23.8 Å². The molecule has 1 unspecified atom stereocenters. The molecule has 2 saturated heterocycles. The van der Waals surface area contributed by atoms with Crippen molar-refractivity contribution in [1.82, 2.24) is 20.0 Å². The highest BCUT2D eigenvalue weighted by Crippen LogP contribution is 2.38. The predicted octanol–water partition coefficient (Wildman–Crippen LogP) is 4.19. The van der Waals surface area contributed by atoms with Crippen molar-refractivity contribution in [2.45, 2.75) is 51.0 Å². The number of rotatable bonds is 6. The molecular formula is C28H29F5N4O4. The van der Waals surface area contributed by atoms with Crippen LogP contribution in [0.1, 0.15) is 48.2 Å². The zero-order valence-electron chi connectivity index (χ0n) is 22.6. The highest BCUT2D eigenvalue weighted by Gasteiger charge is 2.57. The number of urea groups is 1. The van der Waals surface area contributed by atoms with Crippen LogP contribution in [0.4, 0.5) is 26.7 Å². The van der Waals surface area contributed by atoms with E-state index < -0.39 is 70.2 Å². The van der Waals surface area contributed by atoms with Gasteiger partial charge in [0.15, 0.2) is 0 Å². The molecule has 0 aliphatic carbocycles. The number of amides is 5. The van der Waals surface area contributed by atoms with Crippen molar-refractivity contribution in [3.05, 3.63) is 70.8 Å². The lowest BCUT2D eigenvalue weighted by atomic mass is 9.85. The van der Waals surface area contributed by atoms with Crippen LogP contribution < -0.4 is 5.32 Å². The highest BCUT2D eigenvalue weighted by molar-refractivity contribution is 6.07. The van der Waals surface area contributed by atoms with Gasteiger partial charge in [-0.3, -0.25) is 19.3 Å². The number of benzene rings is 2. The Bertz CT molecular complexity index is 1350. The van der Waals surface area contributed by atoms with E-state index in [-0.39, 0.29) is 32.5 Å². The first-order valence-electron chi connectivity index (χ1n) is 13.0. The second-order valence-corrected chi connectivity index (χ2v) is 10.6. The number of nitrogens with one attached hydrogen (secondary N) is 1. The number of halogens is 5. The van der Waals surface area contributed by atoms with Gasteiger partial charge in [0.2, 0.25) is 5.91 Å². The average molecular weight is 581 g/mol. The van der Waals surface area contributed by atoms with E-state index in [0.717, 1.165) is 4.90 Å². The van der Waals surface area contributed by atoms with Gasteiger partial charge in [-0.25, -0.2) is 13.6 Å². The van der Waals surface area contributed by atoms with E-state index in [4.69, 9.17) is 0 Å². The SMILES string of the molecule is CC(C)C(NC(=O)c1cc(C(F)(F)F)ccc1F)C(=O)N1CCC2(CC1)C(=O)N(C)C(=O)N2Cc1ccc(F)cc1. The van der Waals surface area contributed by atoms with Gasteiger partial charge >= 0.3 is 12.2 Å². The third-order valence-electron chi connectivity index (χ3n) is 7.65. The molecule has 2 aliphatic rings. The van der Waals surface area contributed by atoms with Gasteiger partial charge in [-0.15, -0.1) is 0 Å². The van der Waals surface area contributed by atoms with Crippen molar-refractivity contribution in [3.8, 4) is 0 Å². The minimum atomic E-state index is -4.79. The fraction of sp³-hybridized carbons (Fsp3) is 0.429. The molecular weight excluding hydrogens is 551 g/mol. The maximum Gasteiger partial charge on any atom is 0.416 e. The lowest BCUT2D eigenvalue weighted by Crippen LogP contribution is -2.60. The molecule has 220 valence electrons. The van der Waals surface area contributed by atoms with E-state index >= 15 is 0 Å². The molecule has 1 atom stereocenters. The van der Waals surface area contributed by atoms with E-state index in [9.17, 15) is 41.1 Å². The van der Waals surface area contributed by atoms with Gasteiger partial charge in [0.1, 0.15) is 23.2 Å². The molecule has 0 bridgehead atoms. The smallest absolute Gasteiger partial charge is 0.341 e. The Balaban J connectivity index is 1.50. The molecule has 2 heterocycles. The van der Waals surface area contributed by atoms with Crippen LogP contribution in [-0.4, -0.2) is 70.2 Å². The number of imide groups is 1. The molecule has 13 heteroatoms. The molecule has 2 aromatic carbocycles. The molecule has 4 rings (SSSR count). The Morgan fingerprint density at radius 3 is 2.17 bits per heavy atom. The third-order valence-corrected chi connectivity index (χ3v) is 7.65. The van der Waals surface area contributed by atoms with E-state index in [1.54, 1.807) is 13.8 Å². The molecule has 5 amide bonds. The van der Waals surface area contributed by atoms with E-state index in [0.29, 0.717) is 23.8 Å². The molecule has 2 aromatic rings. The Hall–Kier alpha value is -4.03. The minimum Gasteiger partial charge on any atom is -0.341 e. The number of alkyl halides is 3. The lowest BCUT2D eigenvalue weighted by Gasteiger charge is -2.43. The standard InChI is InChI=1S/C28H29F5N4O4/c1-16(2)22(34-23(38)20-14-18(28(31,32)33)6-9-21(20)30)24(39)36-12-10-27(11-13-36)25(40)35(3)26(41)37(27)15-17-4-7-19(29)8-5-17/h4-9,14,16,22H,10-13,15H2,1-3H3,(H,34,38). The second-order valence-electron chi connectivity index (χ2n) is 10.6. The molecule has 2 aliphatic heterocycles. The normalized spacial score (nSPS) is 17.9. The van der Waals surface area contributed by atoms with Crippen molar-refractivity contribution in [3.63, 3.8) is 0 Å². The highest BCUT2D eigenvalue weighted by atomic mass is 19.4. The topological polar surface area (TPSA) is 90.0 Å². The quantitative estimate of drug-likeness (QED) is 0.410. The summed E-state index contributed by atoms with van der Waals surface area (Å²) in [6.45, 7) is 3.38. The van der Waals surface area contributed by atoms with Crippen LogP contribution in [0.2, 0.25) is 0 Å².